The maximum atomic E-state index is 13.8. The van der Waals surface area contributed by atoms with Crippen molar-refractivity contribution in [1.82, 2.24) is 10.2 Å². The van der Waals surface area contributed by atoms with Crippen molar-refractivity contribution in [2.45, 2.75) is 71.5 Å². The first-order valence-corrected chi connectivity index (χ1v) is 14.6. The lowest BCUT2D eigenvalue weighted by molar-refractivity contribution is -0.143. The Bertz CT molecular complexity index is 1280. The fraction of sp³-hybridized carbons (Fsp3) is 0.375. The average molecular weight is 658 g/mol. The van der Waals surface area contributed by atoms with Crippen LogP contribution in [0.5, 0.6) is 5.75 Å². The number of carbonyl (C=O) groups is 2. The maximum absolute atomic E-state index is 13.8. The van der Waals surface area contributed by atoms with Gasteiger partial charge >= 0.3 is 0 Å². The Morgan fingerprint density at radius 1 is 0.872 bits per heavy atom. The molecule has 0 saturated heterocycles. The first-order chi connectivity index (χ1) is 18.2. The monoisotopic (exact) mass is 656 g/mol. The van der Waals surface area contributed by atoms with Crippen molar-refractivity contribution < 1.29 is 14.3 Å². The van der Waals surface area contributed by atoms with Crippen LogP contribution in [0.1, 0.15) is 58.2 Å². The van der Waals surface area contributed by atoms with Crippen LogP contribution in [-0.2, 0) is 28.0 Å². The van der Waals surface area contributed by atoms with Crippen molar-refractivity contribution in [2.24, 2.45) is 0 Å². The number of rotatable bonds is 9. The fourth-order valence-corrected chi connectivity index (χ4v) is 5.09. The summed E-state index contributed by atoms with van der Waals surface area (Å²) in [4.78, 5) is 29.1. The molecular weight excluding hydrogens is 620 g/mol. The summed E-state index contributed by atoms with van der Waals surface area (Å²) in [5, 5.41) is 3.08. The van der Waals surface area contributed by atoms with E-state index in [1.54, 1.807) is 4.90 Å². The lowest BCUT2D eigenvalue weighted by atomic mass is 9.87. The molecule has 208 valence electrons. The Labute approximate surface area is 249 Å². The second-order valence-corrected chi connectivity index (χ2v) is 13.6. The minimum atomic E-state index is -0.728. The molecule has 0 bridgehead atoms. The van der Waals surface area contributed by atoms with E-state index in [1.165, 1.54) is 0 Å². The van der Waals surface area contributed by atoms with Crippen molar-refractivity contribution in [3.05, 3.63) is 98.4 Å². The summed E-state index contributed by atoms with van der Waals surface area (Å²) in [6, 6.07) is 22.7. The molecule has 5 nitrogen and oxygen atoms in total. The number of hydrogen-bond acceptors (Lipinski definition) is 3. The number of nitrogens with one attached hydrogen (secondary N) is 1. The quantitative estimate of drug-likeness (QED) is 0.260. The van der Waals surface area contributed by atoms with Crippen LogP contribution in [-0.4, -0.2) is 34.9 Å². The molecule has 7 heteroatoms. The van der Waals surface area contributed by atoms with Crippen LogP contribution >= 0.6 is 31.9 Å². The molecule has 0 unspecified atom stereocenters. The van der Waals surface area contributed by atoms with Crippen molar-refractivity contribution in [2.75, 3.05) is 6.61 Å². The van der Waals surface area contributed by atoms with Gasteiger partial charge in [-0.2, -0.15) is 0 Å². The Morgan fingerprint density at radius 3 is 2.13 bits per heavy atom. The molecule has 0 fully saturated rings. The third-order valence-electron chi connectivity index (χ3n) is 6.16. The Balaban J connectivity index is 1.93. The molecule has 0 saturated carbocycles. The highest BCUT2D eigenvalue weighted by Gasteiger charge is 2.32. The van der Waals surface area contributed by atoms with E-state index in [2.05, 4.69) is 57.9 Å². The number of benzene rings is 3. The summed E-state index contributed by atoms with van der Waals surface area (Å²) < 4.78 is 7.70. The van der Waals surface area contributed by atoms with Gasteiger partial charge in [-0.1, -0.05) is 85.2 Å². The van der Waals surface area contributed by atoms with Crippen molar-refractivity contribution >= 4 is 43.7 Å². The van der Waals surface area contributed by atoms with Gasteiger partial charge < -0.3 is 15.0 Å². The minimum absolute atomic E-state index is 0.0112. The zero-order valence-corrected chi connectivity index (χ0v) is 26.7. The second-order valence-electron chi connectivity index (χ2n) is 11.8. The van der Waals surface area contributed by atoms with E-state index in [0.29, 0.717) is 12.2 Å². The number of amides is 2. The molecule has 1 atom stereocenters. The van der Waals surface area contributed by atoms with Crippen molar-refractivity contribution in [3.63, 3.8) is 0 Å². The Morgan fingerprint density at radius 2 is 1.54 bits per heavy atom. The summed E-state index contributed by atoms with van der Waals surface area (Å²) in [6.45, 7) is 12.3. The molecule has 39 heavy (non-hydrogen) atoms. The number of ether oxygens (including phenoxy) is 1. The van der Waals surface area contributed by atoms with Gasteiger partial charge in [0, 0.05) is 23.0 Å². The highest BCUT2D eigenvalue weighted by atomic mass is 79.9. The Hall–Kier alpha value is -2.64. The van der Waals surface area contributed by atoms with Crippen LogP contribution < -0.4 is 10.1 Å². The third-order valence-corrected chi connectivity index (χ3v) is 7.27. The summed E-state index contributed by atoms with van der Waals surface area (Å²) in [7, 11) is 0. The Kier molecular flexibility index (Phi) is 10.4. The molecule has 3 aromatic rings. The van der Waals surface area contributed by atoms with Gasteiger partial charge in [0.15, 0.2) is 6.61 Å². The zero-order chi connectivity index (χ0) is 28.8. The van der Waals surface area contributed by atoms with E-state index >= 15 is 0 Å². The average Bonchev–Trinajstić information content (AvgIpc) is 2.84. The van der Waals surface area contributed by atoms with Crippen LogP contribution in [0.3, 0.4) is 0 Å². The molecule has 3 aromatic carbocycles. The number of nitrogens with zero attached hydrogens (tertiary/aromatic N) is 1. The SMILES string of the molecule is CC(C)(C)NC(=O)[C@@H](Cc1ccccc1)N(Cc1cccc(Br)c1)C(=O)COc1ccc(C(C)(C)C)cc1Br. The zero-order valence-electron chi connectivity index (χ0n) is 23.6. The van der Waals surface area contributed by atoms with E-state index in [1.807, 2.05) is 93.6 Å². The topological polar surface area (TPSA) is 58.6 Å². The minimum Gasteiger partial charge on any atom is -0.483 e. The summed E-state index contributed by atoms with van der Waals surface area (Å²) >= 11 is 7.12. The summed E-state index contributed by atoms with van der Waals surface area (Å²) in [6.07, 6.45) is 0.381. The number of hydrogen-bond donors (Lipinski definition) is 1. The molecular formula is C32H38Br2N2O3. The van der Waals surface area contributed by atoms with Gasteiger partial charge in [0.1, 0.15) is 11.8 Å². The van der Waals surface area contributed by atoms with Gasteiger partial charge in [0.2, 0.25) is 5.91 Å². The summed E-state index contributed by atoms with van der Waals surface area (Å²) in [5.74, 6) is 0.106. The van der Waals surface area contributed by atoms with Crippen LogP contribution in [0.15, 0.2) is 81.7 Å². The van der Waals surface area contributed by atoms with Crippen LogP contribution in [0, 0.1) is 0 Å². The standard InChI is InChI=1S/C32H38Br2N2O3/c1-31(2,3)24-15-16-28(26(34)19-24)39-21-29(37)36(20-23-13-10-14-25(33)17-23)27(30(38)35-32(4,5)6)18-22-11-8-7-9-12-22/h7-17,19,27H,18,20-21H2,1-6H3,(H,35,38)/t27-/m1/s1. The van der Waals surface area contributed by atoms with Gasteiger partial charge in [-0.15, -0.1) is 0 Å². The van der Waals surface area contributed by atoms with Crippen molar-refractivity contribution in [1.29, 1.82) is 0 Å². The largest absolute Gasteiger partial charge is 0.483 e. The second kappa shape index (κ2) is 13.1. The molecule has 0 heterocycles. The molecule has 0 aromatic heterocycles. The normalized spacial score (nSPS) is 12.5. The maximum Gasteiger partial charge on any atom is 0.261 e. The molecule has 0 aliphatic carbocycles. The first kappa shape index (κ1) is 30.9. The van der Waals surface area contributed by atoms with Crippen LogP contribution in [0.25, 0.3) is 0 Å². The first-order valence-electron chi connectivity index (χ1n) is 13.1. The molecule has 1 N–H and O–H groups in total. The molecule has 2 amide bonds. The predicted octanol–water partition coefficient (Wildman–Crippen LogP) is 7.44. The third kappa shape index (κ3) is 9.50. The predicted molar refractivity (Wildman–Crippen MR) is 165 cm³/mol. The van der Waals surface area contributed by atoms with E-state index in [0.717, 1.165) is 25.6 Å². The van der Waals surface area contributed by atoms with Crippen LogP contribution in [0.4, 0.5) is 0 Å². The number of carbonyl (C=O) groups excluding carboxylic acids is 2. The lowest BCUT2D eigenvalue weighted by Crippen LogP contribution is -2.55. The van der Waals surface area contributed by atoms with Gasteiger partial charge in [-0.3, -0.25) is 9.59 Å². The van der Waals surface area contributed by atoms with E-state index in [4.69, 9.17) is 4.74 Å². The smallest absolute Gasteiger partial charge is 0.261 e. The number of halogens is 2. The van der Waals surface area contributed by atoms with E-state index in [9.17, 15) is 9.59 Å². The molecule has 0 spiro atoms. The van der Waals surface area contributed by atoms with Gasteiger partial charge in [0.05, 0.1) is 4.47 Å². The molecule has 0 aliphatic heterocycles. The fourth-order valence-electron chi connectivity index (χ4n) is 4.15. The highest BCUT2D eigenvalue weighted by Crippen LogP contribution is 2.31. The van der Waals surface area contributed by atoms with Crippen LogP contribution in [0.2, 0.25) is 0 Å². The lowest BCUT2D eigenvalue weighted by Gasteiger charge is -2.34. The molecule has 3 rings (SSSR count). The van der Waals surface area contributed by atoms with Gasteiger partial charge in [-0.05, 0) is 83.1 Å². The highest BCUT2D eigenvalue weighted by molar-refractivity contribution is 9.10. The van der Waals surface area contributed by atoms with Gasteiger partial charge in [-0.25, -0.2) is 0 Å². The van der Waals surface area contributed by atoms with Gasteiger partial charge in [0.25, 0.3) is 5.91 Å². The molecule has 0 aliphatic rings. The van der Waals surface area contributed by atoms with Crippen molar-refractivity contribution in [3.8, 4) is 5.75 Å². The molecule has 0 radical (unpaired) electrons. The van der Waals surface area contributed by atoms with E-state index in [-0.39, 0.29) is 30.4 Å². The van der Waals surface area contributed by atoms with E-state index < -0.39 is 11.6 Å². The summed E-state index contributed by atoms with van der Waals surface area (Å²) in [5.41, 5.74) is 2.58.